The van der Waals surface area contributed by atoms with Gasteiger partial charge in [0.2, 0.25) is 11.0 Å². The number of carbonyl (C=O) groups excluding carboxylic acids is 1. The summed E-state index contributed by atoms with van der Waals surface area (Å²) in [5, 5.41) is 16.8. The van der Waals surface area contributed by atoms with Crippen molar-refractivity contribution in [3.63, 3.8) is 0 Å². The van der Waals surface area contributed by atoms with Crippen molar-refractivity contribution in [3.05, 3.63) is 48.1 Å². The molecule has 0 aliphatic carbocycles. The average molecular weight is 408 g/mol. The minimum atomic E-state index is -0.297. The van der Waals surface area contributed by atoms with E-state index in [1.807, 2.05) is 5.38 Å². The Labute approximate surface area is 161 Å². The summed E-state index contributed by atoms with van der Waals surface area (Å²) in [6, 6.07) is 6.06. The van der Waals surface area contributed by atoms with Crippen LogP contribution in [0.2, 0.25) is 0 Å². The molecule has 0 spiro atoms. The van der Waals surface area contributed by atoms with Gasteiger partial charge in [-0.15, -0.1) is 28.1 Å². The molecular formula is C16H14FN5OS3. The summed E-state index contributed by atoms with van der Waals surface area (Å²) < 4.78 is 13.7. The summed E-state index contributed by atoms with van der Waals surface area (Å²) in [5.41, 5.74) is 1.49. The van der Waals surface area contributed by atoms with Crippen molar-refractivity contribution in [1.82, 2.24) is 15.2 Å². The summed E-state index contributed by atoms with van der Waals surface area (Å²) >= 11 is 4.01. The van der Waals surface area contributed by atoms with Crippen molar-refractivity contribution in [2.75, 3.05) is 22.9 Å². The fraction of sp³-hybridized carbons (Fsp3) is 0.125. The third-order valence-electron chi connectivity index (χ3n) is 3.02. The van der Waals surface area contributed by atoms with Crippen molar-refractivity contribution in [1.29, 1.82) is 0 Å². The van der Waals surface area contributed by atoms with E-state index >= 15 is 0 Å². The fourth-order valence-corrected chi connectivity index (χ4v) is 4.16. The Morgan fingerprint density at radius 3 is 2.85 bits per heavy atom. The smallest absolute Gasteiger partial charge is 0.236 e. The van der Waals surface area contributed by atoms with Crippen molar-refractivity contribution in [2.45, 2.75) is 4.34 Å². The molecule has 0 saturated heterocycles. The van der Waals surface area contributed by atoms with Crippen LogP contribution in [-0.4, -0.2) is 33.4 Å². The van der Waals surface area contributed by atoms with E-state index in [2.05, 4.69) is 32.4 Å². The lowest BCUT2D eigenvalue weighted by Gasteiger charge is -2.00. The first-order valence-electron chi connectivity index (χ1n) is 7.46. The Bertz CT molecular complexity index is 893. The molecule has 10 heteroatoms. The van der Waals surface area contributed by atoms with E-state index in [0.717, 1.165) is 5.56 Å². The van der Waals surface area contributed by atoms with Crippen LogP contribution in [-0.2, 0) is 4.79 Å². The maximum absolute atomic E-state index is 13.0. The Balaban J connectivity index is 1.51. The van der Waals surface area contributed by atoms with Gasteiger partial charge in [0, 0.05) is 17.5 Å². The molecule has 0 atom stereocenters. The van der Waals surface area contributed by atoms with E-state index in [4.69, 9.17) is 0 Å². The maximum atomic E-state index is 13.0. The number of nitrogens with one attached hydrogen (secondary N) is 2. The van der Waals surface area contributed by atoms with Crippen LogP contribution in [0.3, 0.4) is 0 Å². The molecule has 3 aromatic rings. The van der Waals surface area contributed by atoms with Crippen LogP contribution in [0.5, 0.6) is 0 Å². The second-order valence-corrected chi connectivity index (χ2v) is 7.98. The zero-order valence-electron chi connectivity index (χ0n) is 13.4. The number of anilines is 2. The Hall–Kier alpha value is -2.30. The first kappa shape index (κ1) is 18.5. The Morgan fingerprint density at radius 2 is 2.08 bits per heavy atom. The number of aromatic nitrogens is 3. The molecule has 0 fully saturated rings. The van der Waals surface area contributed by atoms with Crippen LogP contribution in [0.4, 0.5) is 14.7 Å². The second kappa shape index (κ2) is 8.88. The number of carbonyl (C=O) groups is 1. The molecule has 0 radical (unpaired) electrons. The molecule has 0 aliphatic heterocycles. The molecule has 2 aromatic heterocycles. The summed E-state index contributed by atoms with van der Waals surface area (Å²) in [7, 11) is 0. The van der Waals surface area contributed by atoms with E-state index in [1.54, 1.807) is 18.2 Å². The zero-order valence-corrected chi connectivity index (χ0v) is 15.9. The predicted molar refractivity (Wildman–Crippen MR) is 105 cm³/mol. The molecule has 1 aromatic carbocycles. The minimum absolute atomic E-state index is 0.175. The number of halogens is 1. The van der Waals surface area contributed by atoms with Gasteiger partial charge in [0.15, 0.2) is 9.47 Å². The number of thiazole rings is 1. The monoisotopic (exact) mass is 407 g/mol. The highest BCUT2D eigenvalue weighted by Gasteiger charge is 2.11. The molecule has 26 heavy (non-hydrogen) atoms. The van der Waals surface area contributed by atoms with Crippen LogP contribution in [0.25, 0.3) is 11.3 Å². The van der Waals surface area contributed by atoms with Gasteiger partial charge >= 0.3 is 0 Å². The first-order chi connectivity index (χ1) is 12.6. The number of nitrogens with zero attached hydrogens (tertiary/aromatic N) is 3. The van der Waals surface area contributed by atoms with Crippen LogP contribution in [0.1, 0.15) is 0 Å². The lowest BCUT2D eigenvalue weighted by Crippen LogP contribution is -2.13. The normalized spacial score (nSPS) is 10.5. The molecule has 0 aliphatic rings. The number of rotatable bonds is 8. The molecule has 134 valence electrons. The highest BCUT2D eigenvalue weighted by atomic mass is 32.2. The third-order valence-corrected chi connectivity index (χ3v) is 5.79. The van der Waals surface area contributed by atoms with Gasteiger partial charge in [-0.25, -0.2) is 9.37 Å². The molecule has 0 saturated carbocycles. The van der Waals surface area contributed by atoms with Gasteiger partial charge in [-0.05, 0) is 24.3 Å². The SMILES string of the molecule is C=CCNc1nnc(SCC(=O)Nc2nc(-c3ccc(F)cc3)cs2)s1. The number of hydrogen-bond donors (Lipinski definition) is 2. The molecule has 3 rings (SSSR count). The molecular weight excluding hydrogens is 393 g/mol. The van der Waals surface area contributed by atoms with Crippen LogP contribution in [0, 0.1) is 5.82 Å². The number of benzene rings is 1. The molecule has 2 N–H and O–H groups in total. The van der Waals surface area contributed by atoms with E-state index in [-0.39, 0.29) is 17.5 Å². The van der Waals surface area contributed by atoms with Crippen molar-refractivity contribution in [3.8, 4) is 11.3 Å². The van der Waals surface area contributed by atoms with Crippen molar-refractivity contribution < 1.29 is 9.18 Å². The number of hydrogen-bond acceptors (Lipinski definition) is 8. The van der Waals surface area contributed by atoms with Gasteiger partial charge < -0.3 is 10.6 Å². The van der Waals surface area contributed by atoms with E-state index < -0.39 is 0 Å². The number of thioether (sulfide) groups is 1. The first-order valence-corrected chi connectivity index (χ1v) is 10.1. The Morgan fingerprint density at radius 1 is 1.27 bits per heavy atom. The van der Waals surface area contributed by atoms with Gasteiger partial charge in [0.1, 0.15) is 5.82 Å². The molecule has 6 nitrogen and oxygen atoms in total. The van der Waals surface area contributed by atoms with Crippen molar-refractivity contribution in [2.24, 2.45) is 0 Å². The summed E-state index contributed by atoms with van der Waals surface area (Å²) in [4.78, 5) is 16.4. The third kappa shape index (κ3) is 5.10. The highest BCUT2D eigenvalue weighted by molar-refractivity contribution is 8.01. The fourth-order valence-electron chi connectivity index (χ4n) is 1.87. The predicted octanol–water partition coefficient (Wildman–Crippen LogP) is 4.13. The molecule has 1 amide bonds. The molecule has 0 bridgehead atoms. The van der Waals surface area contributed by atoms with Gasteiger partial charge in [-0.3, -0.25) is 4.79 Å². The quantitative estimate of drug-likeness (QED) is 0.432. The average Bonchev–Trinajstić information content (AvgIpc) is 3.28. The van der Waals surface area contributed by atoms with Gasteiger partial charge in [-0.1, -0.05) is 29.2 Å². The summed E-state index contributed by atoms with van der Waals surface area (Å²) in [6.07, 6.45) is 1.73. The topological polar surface area (TPSA) is 79.8 Å². The van der Waals surface area contributed by atoms with Gasteiger partial charge in [-0.2, -0.15) is 0 Å². The van der Waals surface area contributed by atoms with Crippen LogP contribution in [0.15, 0.2) is 46.6 Å². The number of amides is 1. The Kier molecular flexibility index (Phi) is 6.31. The van der Waals surface area contributed by atoms with E-state index in [9.17, 15) is 9.18 Å². The highest BCUT2D eigenvalue weighted by Crippen LogP contribution is 2.27. The zero-order chi connectivity index (χ0) is 18.4. The standard InChI is InChI=1S/C16H14FN5OS3/c1-2-7-18-14-21-22-16(26-14)25-9-13(23)20-15-19-12(8-24-15)10-3-5-11(17)6-4-10/h2-6,8H,1,7,9H2,(H,18,21)(H,19,20,23). The summed E-state index contributed by atoms with van der Waals surface area (Å²) in [5.74, 6) is -0.262. The largest absolute Gasteiger partial charge is 0.357 e. The van der Waals surface area contributed by atoms with Gasteiger partial charge in [0.25, 0.3) is 0 Å². The lowest BCUT2D eigenvalue weighted by molar-refractivity contribution is -0.113. The molecule has 0 unspecified atom stereocenters. The van der Waals surface area contributed by atoms with Crippen molar-refractivity contribution >= 4 is 50.6 Å². The van der Waals surface area contributed by atoms with E-state index in [1.165, 1.54) is 46.6 Å². The van der Waals surface area contributed by atoms with Crippen LogP contribution < -0.4 is 10.6 Å². The second-order valence-electron chi connectivity index (χ2n) is 4.92. The van der Waals surface area contributed by atoms with Gasteiger partial charge in [0.05, 0.1) is 11.4 Å². The van der Waals surface area contributed by atoms with Crippen LogP contribution >= 0.6 is 34.4 Å². The lowest BCUT2D eigenvalue weighted by atomic mass is 10.2. The minimum Gasteiger partial charge on any atom is -0.357 e. The van der Waals surface area contributed by atoms with E-state index in [0.29, 0.717) is 26.8 Å². The molecule has 2 heterocycles. The maximum Gasteiger partial charge on any atom is 0.236 e. The summed E-state index contributed by atoms with van der Waals surface area (Å²) in [6.45, 7) is 4.23.